The Morgan fingerprint density at radius 1 is 1.62 bits per heavy atom. The molecule has 0 radical (unpaired) electrons. The summed E-state index contributed by atoms with van der Waals surface area (Å²) in [7, 11) is 0. The third-order valence-corrected chi connectivity index (χ3v) is 2.31. The SMILES string of the molecule is OC12CCC(CN1)C2. The Morgan fingerprint density at radius 2 is 2.50 bits per heavy atom. The second-order valence-electron chi connectivity index (χ2n) is 3.02. The molecular weight excluding hydrogens is 102 g/mol. The molecule has 2 rings (SSSR count). The first-order valence-electron chi connectivity index (χ1n) is 3.26. The van der Waals surface area contributed by atoms with Gasteiger partial charge < -0.3 is 5.11 Å². The number of hydrogen-bond acceptors (Lipinski definition) is 2. The molecule has 1 saturated heterocycles. The molecule has 1 saturated carbocycles. The molecule has 0 spiro atoms. The maximum Gasteiger partial charge on any atom is 0.116 e. The summed E-state index contributed by atoms with van der Waals surface area (Å²) in [5, 5.41) is 12.5. The first kappa shape index (κ1) is 4.77. The van der Waals surface area contributed by atoms with Crippen LogP contribution in [0.1, 0.15) is 19.3 Å². The number of aliphatic hydroxyl groups is 1. The summed E-state index contributed by atoms with van der Waals surface area (Å²) in [6.07, 6.45) is 3.19. The van der Waals surface area contributed by atoms with E-state index in [-0.39, 0.29) is 0 Å². The lowest BCUT2D eigenvalue weighted by Crippen LogP contribution is -2.39. The van der Waals surface area contributed by atoms with Gasteiger partial charge in [0.05, 0.1) is 0 Å². The standard InChI is InChI=1S/C6H11NO/c8-6-2-1-5(3-6)4-7-6/h5,7-8H,1-4H2. The average molecular weight is 113 g/mol. The predicted octanol–water partition coefficient (Wildman–Crippen LogP) is 0.0783. The molecule has 2 unspecified atom stereocenters. The highest BCUT2D eigenvalue weighted by molar-refractivity contribution is 4.94. The first-order chi connectivity index (χ1) is 3.79. The van der Waals surface area contributed by atoms with Crippen LogP contribution in [0.3, 0.4) is 0 Å². The maximum atomic E-state index is 9.43. The second kappa shape index (κ2) is 1.25. The highest BCUT2D eigenvalue weighted by Gasteiger charge is 2.42. The molecule has 0 amide bonds. The molecule has 1 aliphatic heterocycles. The van der Waals surface area contributed by atoms with Crippen molar-refractivity contribution in [1.82, 2.24) is 5.32 Å². The summed E-state index contributed by atoms with van der Waals surface area (Å²) < 4.78 is 0. The molecule has 2 aliphatic rings. The predicted molar refractivity (Wildman–Crippen MR) is 30.3 cm³/mol. The van der Waals surface area contributed by atoms with Crippen LogP contribution in [-0.2, 0) is 0 Å². The number of hydrogen-bond donors (Lipinski definition) is 2. The molecule has 1 aliphatic carbocycles. The van der Waals surface area contributed by atoms with Crippen molar-refractivity contribution in [3.8, 4) is 0 Å². The third-order valence-electron chi connectivity index (χ3n) is 2.31. The minimum Gasteiger partial charge on any atom is -0.376 e. The summed E-state index contributed by atoms with van der Waals surface area (Å²) in [4.78, 5) is 0. The maximum absolute atomic E-state index is 9.43. The van der Waals surface area contributed by atoms with Crippen molar-refractivity contribution < 1.29 is 5.11 Å². The number of rotatable bonds is 0. The molecule has 2 N–H and O–H groups in total. The molecule has 0 aromatic rings. The van der Waals surface area contributed by atoms with E-state index >= 15 is 0 Å². The third kappa shape index (κ3) is 0.501. The van der Waals surface area contributed by atoms with Crippen LogP contribution in [0, 0.1) is 5.92 Å². The molecule has 2 nitrogen and oxygen atoms in total. The van der Waals surface area contributed by atoms with E-state index in [0.717, 1.165) is 25.3 Å². The van der Waals surface area contributed by atoms with Crippen molar-refractivity contribution in [2.45, 2.75) is 25.0 Å². The topological polar surface area (TPSA) is 32.3 Å². The van der Waals surface area contributed by atoms with Crippen molar-refractivity contribution in [1.29, 1.82) is 0 Å². The Balaban J connectivity index is 2.19. The number of piperidine rings is 1. The van der Waals surface area contributed by atoms with Crippen LogP contribution >= 0.6 is 0 Å². The van der Waals surface area contributed by atoms with Gasteiger partial charge in [-0.1, -0.05) is 0 Å². The van der Waals surface area contributed by atoms with Gasteiger partial charge in [-0.25, -0.2) is 0 Å². The Hall–Kier alpha value is -0.0800. The van der Waals surface area contributed by atoms with Crippen LogP contribution < -0.4 is 5.32 Å². The molecule has 2 atom stereocenters. The molecule has 2 heteroatoms. The summed E-state index contributed by atoms with van der Waals surface area (Å²) in [5.74, 6) is 0.778. The van der Waals surface area contributed by atoms with Gasteiger partial charge in [0.2, 0.25) is 0 Å². The highest BCUT2D eigenvalue weighted by atomic mass is 16.3. The lowest BCUT2D eigenvalue weighted by molar-refractivity contribution is 0.0284. The van der Waals surface area contributed by atoms with Crippen molar-refractivity contribution in [3.05, 3.63) is 0 Å². The van der Waals surface area contributed by atoms with Crippen molar-refractivity contribution in [2.75, 3.05) is 6.54 Å². The van der Waals surface area contributed by atoms with Crippen LogP contribution in [0.5, 0.6) is 0 Å². The molecule has 1 heterocycles. The quantitative estimate of drug-likeness (QED) is 0.466. The number of nitrogens with one attached hydrogen (secondary N) is 1. The van der Waals surface area contributed by atoms with Gasteiger partial charge in [0.15, 0.2) is 0 Å². The molecule has 0 aromatic carbocycles. The zero-order chi connectivity index (χ0) is 5.61. The monoisotopic (exact) mass is 113 g/mol. The van der Waals surface area contributed by atoms with Crippen molar-refractivity contribution in [3.63, 3.8) is 0 Å². The van der Waals surface area contributed by atoms with Gasteiger partial charge in [0.25, 0.3) is 0 Å². The van der Waals surface area contributed by atoms with Gasteiger partial charge in [-0.3, -0.25) is 5.32 Å². The fraction of sp³-hybridized carbons (Fsp3) is 1.00. The van der Waals surface area contributed by atoms with E-state index in [4.69, 9.17) is 0 Å². The largest absolute Gasteiger partial charge is 0.376 e. The van der Waals surface area contributed by atoms with E-state index in [9.17, 15) is 5.11 Å². The Labute approximate surface area is 48.9 Å². The summed E-state index contributed by atoms with van der Waals surface area (Å²) in [6.45, 7) is 1.04. The molecule has 46 valence electrons. The summed E-state index contributed by atoms with van der Waals surface area (Å²) >= 11 is 0. The van der Waals surface area contributed by atoms with E-state index in [2.05, 4.69) is 5.32 Å². The molecule has 2 bridgehead atoms. The van der Waals surface area contributed by atoms with Crippen LogP contribution in [-0.4, -0.2) is 17.4 Å². The van der Waals surface area contributed by atoms with Gasteiger partial charge in [0, 0.05) is 6.54 Å². The minimum atomic E-state index is -0.440. The van der Waals surface area contributed by atoms with Crippen LogP contribution in [0.4, 0.5) is 0 Å². The van der Waals surface area contributed by atoms with Gasteiger partial charge in [-0.05, 0) is 25.2 Å². The van der Waals surface area contributed by atoms with Crippen LogP contribution in [0.15, 0.2) is 0 Å². The van der Waals surface area contributed by atoms with Crippen LogP contribution in [0.25, 0.3) is 0 Å². The Bertz CT molecular complexity index is 105. The molecule has 0 aromatic heterocycles. The zero-order valence-corrected chi connectivity index (χ0v) is 4.85. The Morgan fingerprint density at radius 3 is 2.62 bits per heavy atom. The number of fused-ring (bicyclic) bond motifs is 2. The lowest BCUT2D eigenvalue weighted by Gasteiger charge is -2.19. The zero-order valence-electron chi connectivity index (χ0n) is 4.85. The van der Waals surface area contributed by atoms with Crippen molar-refractivity contribution >= 4 is 0 Å². The van der Waals surface area contributed by atoms with Gasteiger partial charge in [-0.2, -0.15) is 0 Å². The van der Waals surface area contributed by atoms with E-state index < -0.39 is 5.72 Å². The van der Waals surface area contributed by atoms with E-state index in [0.29, 0.717) is 0 Å². The lowest BCUT2D eigenvalue weighted by atomic mass is 10.1. The average Bonchev–Trinajstić information content (AvgIpc) is 2.21. The fourth-order valence-corrected chi connectivity index (χ4v) is 1.79. The van der Waals surface area contributed by atoms with E-state index in [1.807, 2.05) is 0 Å². The normalized spacial score (nSPS) is 52.9. The molecular formula is C6H11NO. The molecule has 2 fully saturated rings. The summed E-state index contributed by atoms with van der Waals surface area (Å²) in [6, 6.07) is 0. The highest BCUT2D eigenvalue weighted by Crippen LogP contribution is 2.37. The van der Waals surface area contributed by atoms with Crippen LogP contribution in [0.2, 0.25) is 0 Å². The van der Waals surface area contributed by atoms with E-state index in [1.54, 1.807) is 0 Å². The second-order valence-corrected chi connectivity index (χ2v) is 3.02. The minimum absolute atomic E-state index is 0.440. The Kier molecular flexibility index (Phi) is 0.746. The van der Waals surface area contributed by atoms with Crippen molar-refractivity contribution in [2.24, 2.45) is 5.92 Å². The fourth-order valence-electron chi connectivity index (χ4n) is 1.79. The molecule has 8 heavy (non-hydrogen) atoms. The summed E-state index contributed by atoms with van der Waals surface area (Å²) in [5.41, 5.74) is -0.440. The van der Waals surface area contributed by atoms with Gasteiger partial charge in [-0.15, -0.1) is 0 Å². The smallest absolute Gasteiger partial charge is 0.116 e. The van der Waals surface area contributed by atoms with E-state index in [1.165, 1.54) is 6.42 Å². The van der Waals surface area contributed by atoms with Gasteiger partial charge >= 0.3 is 0 Å². The van der Waals surface area contributed by atoms with Gasteiger partial charge in [0.1, 0.15) is 5.72 Å². The first-order valence-corrected chi connectivity index (χ1v) is 3.26.